The number of halogens is 1. The summed E-state index contributed by atoms with van der Waals surface area (Å²) in [4.78, 5) is 0. The molecule has 0 unspecified atom stereocenters. The lowest BCUT2D eigenvalue weighted by molar-refractivity contribution is 0.620. The van der Waals surface area contributed by atoms with Crippen LogP contribution in [0, 0.1) is 0 Å². The third-order valence-electron chi connectivity index (χ3n) is 6.09. The summed E-state index contributed by atoms with van der Waals surface area (Å²) in [6, 6.07) is 23.8. The lowest BCUT2D eigenvalue weighted by atomic mass is 9.81. The topological polar surface area (TPSA) is 13.1 Å². The van der Waals surface area contributed by atoms with Crippen molar-refractivity contribution in [3.8, 4) is 11.1 Å². The molecular formula is C25H17BrO. The summed E-state index contributed by atoms with van der Waals surface area (Å²) in [7, 11) is 0. The van der Waals surface area contributed by atoms with E-state index in [9.17, 15) is 0 Å². The summed E-state index contributed by atoms with van der Waals surface area (Å²) in [5, 5.41) is 5.00. The second-order valence-corrected chi connectivity index (χ2v) is 8.83. The number of para-hydroxylation sites is 1. The molecule has 4 aromatic carbocycles. The first-order chi connectivity index (χ1) is 13.1. The Morgan fingerprint density at radius 3 is 2.33 bits per heavy atom. The van der Waals surface area contributed by atoms with E-state index < -0.39 is 0 Å². The first-order valence-corrected chi connectivity index (χ1v) is 10.0. The molecule has 0 saturated heterocycles. The number of hydrogen-bond acceptors (Lipinski definition) is 1. The minimum Gasteiger partial charge on any atom is -0.456 e. The Kier molecular flexibility index (Phi) is 2.88. The van der Waals surface area contributed by atoms with E-state index in [-0.39, 0.29) is 5.41 Å². The van der Waals surface area contributed by atoms with E-state index in [1.165, 1.54) is 43.8 Å². The Balaban J connectivity index is 1.96. The van der Waals surface area contributed by atoms with Crippen LogP contribution < -0.4 is 0 Å². The quantitative estimate of drug-likeness (QED) is 0.252. The molecule has 0 atom stereocenters. The van der Waals surface area contributed by atoms with Crippen LogP contribution in [-0.2, 0) is 5.41 Å². The summed E-state index contributed by atoms with van der Waals surface area (Å²) in [6.07, 6.45) is 0. The number of fused-ring (bicyclic) bond motifs is 10. The lowest BCUT2D eigenvalue weighted by Crippen LogP contribution is -2.15. The highest BCUT2D eigenvalue weighted by molar-refractivity contribution is 9.10. The molecular weight excluding hydrogens is 396 g/mol. The Hall–Kier alpha value is -2.58. The maximum atomic E-state index is 6.49. The van der Waals surface area contributed by atoms with Crippen LogP contribution in [0.25, 0.3) is 43.8 Å². The highest BCUT2D eigenvalue weighted by atomic mass is 79.9. The standard InChI is InChI=1S/C25H17BrO/c1-25(2)19-12-11-14(26)13-18(19)21-15-7-3-4-8-16(15)22-17-9-5-6-10-20(17)27-24(22)23(21)25/h3-13H,1-2H3. The van der Waals surface area contributed by atoms with Crippen molar-refractivity contribution in [3.05, 3.63) is 82.3 Å². The van der Waals surface area contributed by atoms with E-state index >= 15 is 0 Å². The van der Waals surface area contributed by atoms with E-state index in [4.69, 9.17) is 4.42 Å². The zero-order valence-electron chi connectivity index (χ0n) is 15.1. The zero-order valence-corrected chi connectivity index (χ0v) is 16.7. The fraction of sp³-hybridized carbons (Fsp3) is 0.120. The average molecular weight is 413 g/mol. The van der Waals surface area contributed by atoms with Gasteiger partial charge in [0.1, 0.15) is 11.2 Å². The van der Waals surface area contributed by atoms with Crippen LogP contribution in [0.1, 0.15) is 25.0 Å². The molecule has 0 spiro atoms. The molecule has 2 heteroatoms. The molecule has 130 valence electrons. The van der Waals surface area contributed by atoms with Gasteiger partial charge in [-0.05, 0) is 45.7 Å². The van der Waals surface area contributed by atoms with Crippen molar-refractivity contribution in [2.24, 2.45) is 0 Å². The minimum absolute atomic E-state index is 0.110. The van der Waals surface area contributed by atoms with E-state index in [2.05, 4.69) is 90.4 Å². The molecule has 0 amide bonds. The van der Waals surface area contributed by atoms with Gasteiger partial charge >= 0.3 is 0 Å². The predicted molar refractivity (Wildman–Crippen MR) is 116 cm³/mol. The van der Waals surface area contributed by atoms with Crippen LogP contribution in [0.4, 0.5) is 0 Å². The molecule has 0 bridgehead atoms. The minimum atomic E-state index is -0.110. The van der Waals surface area contributed by atoms with Crippen molar-refractivity contribution >= 4 is 48.6 Å². The van der Waals surface area contributed by atoms with Crippen molar-refractivity contribution in [1.82, 2.24) is 0 Å². The maximum Gasteiger partial charge on any atom is 0.140 e. The van der Waals surface area contributed by atoms with Gasteiger partial charge in [-0.15, -0.1) is 0 Å². The summed E-state index contributed by atoms with van der Waals surface area (Å²) < 4.78 is 7.60. The summed E-state index contributed by atoms with van der Waals surface area (Å²) in [6.45, 7) is 4.62. The summed E-state index contributed by atoms with van der Waals surface area (Å²) in [5.41, 5.74) is 7.17. The molecule has 0 radical (unpaired) electrons. The van der Waals surface area contributed by atoms with Crippen LogP contribution in [0.5, 0.6) is 0 Å². The van der Waals surface area contributed by atoms with Gasteiger partial charge in [-0.3, -0.25) is 0 Å². The number of benzene rings is 4. The lowest BCUT2D eigenvalue weighted by Gasteiger charge is -2.22. The van der Waals surface area contributed by atoms with E-state index in [1.54, 1.807) is 0 Å². The van der Waals surface area contributed by atoms with Gasteiger partial charge in [-0.1, -0.05) is 78.3 Å². The largest absolute Gasteiger partial charge is 0.456 e. The van der Waals surface area contributed by atoms with Crippen molar-refractivity contribution in [2.75, 3.05) is 0 Å². The second-order valence-electron chi connectivity index (χ2n) is 7.91. The van der Waals surface area contributed by atoms with Gasteiger partial charge in [0.15, 0.2) is 0 Å². The Morgan fingerprint density at radius 2 is 1.52 bits per heavy atom. The molecule has 27 heavy (non-hydrogen) atoms. The number of hydrogen-bond donors (Lipinski definition) is 0. The summed E-state index contributed by atoms with van der Waals surface area (Å²) in [5.74, 6) is 0. The fourth-order valence-electron chi connectivity index (χ4n) is 4.94. The molecule has 1 aliphatic rings. The fourth-order valence-corrected chi connectivity index (χ4v) is 5.30. The molecule has 0 fully saturated rings. The SMILES string of the molecule is CC1(C)c2ccc(Br)cc2-c2c1c1oc3ccccc3c1c1ccccc21. The van der Waals surface area contributed by atoms with Crippen molar-refractivity contribution in [2.45, 2.75) is 19.3 Å². The molecule has 0 aliphatic heterocycles. The smallest absolute Gasteiger partial charge is 0.140 e. The third kappa shape index (κ3) is 1.84. The molecule has 0 N–H and O–H groups in total. The monoisotopic (exact) mass is 412 g/mol. The highest BCUT2D eigenvalue weighted by Crippen LogP contribution is 2.56. The zero-order chi connectivity index (χ0) is 18.3. The van der Waals surface area contributed by atoms with Gasteiger partial charge in [0.2, 0.25) is 0 Å². The molecule has 6 rings (SSSR count). The molecule has 1 aliphatic carbocycles. The first kappa shape index (κ1) is 15.5. The second kappa shape index (κ2) is 5.02. The predicted octanol–water partition coefficient (Wildman–Crippen LogP) is 7.81. The third-order valence-corrected chi connectivity index (χ3v) is 6.58. The van der Waals surface area contributed by atoms with E-state index in [1.807, 2.05) is 6.07 Å². The van der Waals surface area contributed by atoms with Crippen LogP contribution in [0.15, 0.2) is 75.6 Å². The Morgan fingerprint density at radius 1 is 0.815 bits per heavy atom. The first-order valence-electron chi connectivity index (χ1n) is 9.24. The molecule has 1 heterocycles. The number of furan rings is 1. The van der Waals surface area contributed by atoms with Crippen LogP contribution in [0.2, 0.25) is 0 Å². The van der Waals surface area contributed by atoms with Crippen molar-refractivity contribution in [3.63, 3.8) is 0 Å². The molecule has 1 nitrogen and oxygen atoms in total. The summed E-state index contributed by atoms with van der Waals surface area (Å²) >= 11 is 3.67. The van der Waals surface area contributed by atoms with Gasteiger partial charge in [0.25, 0.3) is 0 Å². The van der Waals surface area contributed by atoms with Gasteiger partial charge in [0, 0.05) is 26.2 Å². The van der Waals surface area contributed by atoms with Crippen molar-refractivity contribution < 1.29 is 4.42 Å². The number of rotatable bonds is 0. The van der Waals surface area contributed by atoms with Crippen molar-refractivity contribution in [1.29, 1.82) is 0 Å². The van der Waals surface area contributed by atoms with Gasteiger partial charge in [0.05, 0.1) is 0 Å². The van der Waals surface area contributed by atoms with Gasteiger partial charge < -0.3 is 4.42 Å². The highest BCUT2D eigenvalue weighted by Gasteiger charge is 2.40. The molecule has 5 aromatic rings. The molecule has 1 aromatic heterocycles. The van der Waals surface area contributed by atoms with Gasteiger partial charge in [-0.25, -0.2) is 0 Å². The van der Waals surface area contributed by atoms with Crippen LogP contribution >= 0.6 is 15.9 Å². The Labute approximate surface area is 165 Å². The molecule has 0 saturated carbocycles. The van der Waals surface area contributed by atoms with E-state index in [0.717, 1.165) is 15.6 Å². The Bertz CT molecular complexity index is 1400. The average Bonchev–Trinajstić information content (AvgIpc) is 3.15. The van der Waals surface area contributed by atoms with E-state index in [0.29, 0.717) is 0 Å². The normalized spacial score (nSPS) is 14.8. The maximum absolute atomic E-state index is 6.49. The van der Waals surface area contributed by atoms with Crippen LogP contribution in [0.3, 0.4) is 0 Å². The van der Waals surface area contributed by atoms with Gasteiger partial charge in [-0.2, -0.15) is 0 Å². The van der Waals surface area contributed by atoms with Crippen LogP contribution in [-0.4, -0.2) is 0 Å².